The first-order valence-electron chi connectivity index (χ1n) is 18.6. The van der Waals surface area contributed by atoms with Gasteiger partial charge in [0.05, 0.1) is 74.9 Å². The lowest BCUT2D eigenvalue weighted by Gasteiger charge is -2.31. The number of hydrogen-bond acceptors (Lipinski definition) is 14. The molecule has 15 nitrogen and oxygen atoms in total. The summed E-state index contributed by atoms with van der Waals surface area (Å²) in [4.78, 5) is 23.1. The Kier molecular flexibility index (Phi) is 19.2. The van der Waals surface area contributed by atoms with Crippen LogP contribution in [0, 0.1) is 0 Å². The normalized spacial score (nSPS) is 13.3. The molecular formula is C42H48Br2Cl2N6O9. The van der Waals surface area contributed by atoms with Gasteiger partial charge >= 0.3 is 0 Å². The molecule has 4 aromatic rings. The van der Waals surface area contributed by atoms with Crippen molar-refractivity contribution in [2.24, 2.45) is 20.0 Å². The van der Waals surface area contributed by atoms with Crippen molar-refractivity contribution in [1.82, 2.24) is 9.80 Å². The summed E-state index contributed by atoms with van der Waals surface area (Å²) in [5, 5.41) is 0. The summed E-state index contributed by atoms with van der Waals surface area (Å²) >= 11 is 7.24. The van der Waals surface area contributed by atoms with E-state index >= 15 is 0 Å². The Morgan fingerprint density at radius 2 is 0.836 bits per heavy atom. The Balaban J connectivity index is 0.000000256. The fourth-order valence-corrected chi connectivity index (χ4v) is 7.37. The molecule has 328 valence electrons. The summed E-state index contributed by atoms with van der Waals surface area (Å²) in [6.45, 7) is 5.05. The fourth-order valence-electron chi connectivity index (χ4n) is 6.41. The van der Waals surface area contributed by atoms with Crippen molar-refractivity contribution < 1.29 is 43.4 Å². The molecule has 8 rings (SSSR count). The molecule has 4 heterocycles. The zero-order valence-corrected chi connectivity index (χ0v) is 38.8. The highest BCUT2D eigenvalue weighted by Crippen LogP contribution is 2.43. The first-order valence-corrected chi connectivity index (χ1v) is 20.2. The summed E-state index contributed by atoms with van der Waals surface area (Å²) in [5.74, 6) is 4.22. The monoisotopic (exact) mass is 1010 g/mol. The number of methoxy groups -OCH3 is 4. The summed E-state index contributed by atoms with van der Waals surface area (Å²) in [6, 6.07) is 19.7. The SMILES string of the molecule is COCCOc1cc2c(cc1OCCOC)C1=Nc3cccc(Br)c3CN1C=N2.COCCOc1cc2c(cc1OCCOC)C1=Nc3cccc(Br)c3CN1C=N2.Cl.Cl.O. The van der Waals surface area contributed by atoms with E-state index in [1.54, 1.807) is 28.4 Å². The Bertz CT molecular complexity index is 2090. The number of ether oxygens (including phenoxy) is 8. The van der Waals surface area contributed by atoms with E-state index in [0.29, 0.717) is 88.9 Å². The lowest BCUT2D eigenvalue weighted by atomic mass is 10.0. The number of halogens is 4. The van der Waals surface area contributed by atoms with Gasteiger partial charge in [-0.25, -0.2) is 20.0 Å². The lowest BCUT2D eigenvalue weighted by Crippen LogP contribution is -2.34. The largest absolute Gasteiger partial charge is 0.487 e. The zero-order valence-electron chi connectivity index (χ0n) is 34.0. The van der Waals surface area contributed by atoms with Gasteiger partial charge in [0, 0.05) is 71.8 Å². The molecule has 0 spiro atoms. The van der Waals surface area contributed by atoms with Crippen molar-refractivity contribution in [2.45, 2.75) is 13.1 Å². The van der Waals surface area contributed by atoms with Gasteiger partial charge in [-0.05, 0) is 36.4 Å². The van der Waals surface area contributed by atoms with Gasteiger partial charge in [0.1, 0.15) is 38.1 Å². The molecule has 0 atom stereocenters. The van der Waals surface area contributed by atoms with Crippen LogP contribution in [0.1, 0.15) is 22.3 Å². The summed E-state index contributed by atoms with van der Waals surface area (Å²) in [5.41, 5.74) is 7.59. The Labute approximate surface area is 384 Å². The maximum atomic E-state index is 5.92. The van der Waals surface area contributed by atoms with Crippen LogP contribution < -0.4 is 18.9 Å². The van der Waals surface area contributed by atoms with Crippen molar-refractivity contribution >= 4 is 104 Å². The Morgan fingerprint density at radius 1 is 0.492 bits per heavy atom. The number of nitrogens with zero attached hydrogens (tertiary/aromatic N) is 6. The van der Waals surface area contributed by atoms with E-state index < -0.39 is 0 Å². The molecule has 0 aromatic heterocycles. The predicted molar refractivity (Wildman–Crippen MR) is 249 cm³/mol. The van der Waals surface area contributed by atoms with E-state index in [9.17, 15) is 0 Å². The molecule has 19 heteroatoms. The third kappa shape index (κ3) is 11.6. The van der Waals surface area contributed by atoms with Gasteiger partial charge in [-0.15, -0.1) is 24.8 Å². The molecule has 4 aliphatic rings. The van der Waals surface area contributed by atoms with Crippen molar-refractivity contribution in [3.8, 4) is 23.0 Å². The number of hydrogen-bond donors (Lipinski definition) is 0. The van der Waals surface area contributed by atoms with Gasteiger partial charge in [0.2, 0.25) is 0 Å². The second kappa shape index (κ2) is 23.8. The highest BCUT2D eigenvalue weighted by atomic mass is 79.9. The van der Waals surface area contributed by atoms with E-state index in [4.69, 9.17) is 47.9 Å². The van der Waals surface area contributed by atoms with Gasteiger partial charge in [-0.1, -0.05) is 44.0 Å². The smallest absolute Gasteiger partial charge is 0.163 e. The van der Waals surface area contributed by atoms with Crippen LogP contribution in [-0.2, 0) is 32.0 Å². The molecule has 2 N–H and O–H groups in total. The molecule has 0 saturated carbocycles. The first kappa shape index (κ1) is 49.4. The Hall–Kier alpha value is -4.30. The first-order chi connectivity index (χ1) is 28.4. The average Bonchev–Trinajstić information content (AvgIpc) is 3.23. The topological polar surface area (TPSA) is 161 Å². The molecule has 0 bridgehead atoms. The maximum absolute atomic E-state index is 5.92. The van der Waals surface area contributed by atoms with Crippen LogP contribution in [0.25, 0.3) is 0 Å². The number of rotatable bonds is 16. The van der Waals surface area contributed by atoms with Crippen LogP contribution in [0.15, 0.2) is 89.6 Å². The number of benzene rings is 4. The van der Waals surface area contributed by atoms with Crippen LogP contribution in [0.4, 0.5) is 22.7 Å². The number of amidine groups is 2. The summed E-state index contributed by atoms with van der Waals surface area (Å²) < 4.78 is 46.0. The molecule has 0 aliphatic carbocycles. The number of fused-ring (bicyclic) bond motifs is 8. The van der Waals surface area contributed by atoms with Crippen LogP contribution in [0.3, 0.4) is 0 Å². The second-order valence-electron chi connectivity index (χ2n) is 13.1. The van der Waals surface area contributed by atoms with Crippen LogP contribution in [-0.4, -0.2) is 121 Å². The average molecular weight is 1010 g/mol. The van der Waals surface area contributed by atoms with E-state index in [1.807, 2.05) is 83.1 Å². The van der Waals surface area contributed by atoms with Crippen molar-refractivity contribution in [3.63, 3.8) is 0 Å². The van der Waals surface area contributed by atoms with Crippen molar-refractivity contribution in [3.05, 3.63) is 91.9 Å². The number of aliphatic imine (C=N–C) groups is 4. The van der Waals surface area contributed by atoms with Crippen LogP contribution in [0.5, 0.6) is 23.0 Å². The quantitative estimate of drug-likeness (QED) is 0.100. The van der Waals surface area contributed by atoms with Gasteiger partial charge in [0.25, 0.3) is 0 Å². The van der Waals surface area contributed by atoms with Gasteiger partial charge in [-0.2, -0.15) is 0 Å². The van der Waals surface area contributed by atoms with Gasteiger partial charge in [0.15, 0.2) is 23.0 Å². The lowest BCUT2D eigenvalue weighted by molar-refractivity contribution is 0.132. The minimum Gasteiger partial charge on any atom is -0.487 e. The maximum Gasteiger partial charge on any atom is 0.163 e. The highest BCUT2D eigenvalue weighted by Gasteiger charge is 2.29. The van der Waals surface area contributed by atoms with E-state index in [0.717, 1.165) is 65.6 Å². The van der Waals surface area contributed by atoms with Crippen LogP contribution in [0.2, 0.25) is 0 Å². The van der Waals surface area contributed by atoms with Gasteiger partial charge in [-0.3, -0.25) is 0 Å². The van der Waals surface area contributed by atoms with Crippen LogP contribution >= 0.6 is 56.7 Å². The molecular weight excluding hydrogens is 963 g/mol. The molecule has 0 amide bonds. The zero-order chi connectivity index (χ0) is 40.4. The highest BCUT2D eigenvalue weighted by molar-refractivity contribution is 9.10. The van der Waals surface area contributed by atoms with E-state index in [-0.39, 0.29) is 30.3 Å². The third-order valence-electron chi connectivity index (χ3n) is 9.30. The molecule has 0 unspecified atom stereocenters. The molecule has 4 aliphatic heterocycles. The summed E-state index contributed by atoms with van der Waals surface area (Å²) in [7, 11) is 6.57. The molecule has 61 heavy (non-hydrogen) atoms. The minimum atomic E-state index is 0. The van der Waals surface area contributed by atoms with Gasteiger partial charge < -0.3 is 53.2 Å². The second-order valence-corrected chi connectivity index (χ2v) is 14.8. The minimum absolute atomic E-state index is 0. The predicted octanol–water partition coefficient (Wildman–Crippen LogP) is 8.15. The van der Waals surface area contributed by atoms with Crippen molar-refractivity contribution in [1.29, 1.82) is 0 Å². The van der Waals surface area contributed by atoms with Crippen molar-refractivity contribution in [2.75, 3.05) is 81.3 Å². The fraction of sp³-hybridized carbons (Fsp3) is 0.333. The van der Waals surface area contributed by atoms with E-state index in [1.165, 1.54) is 0 Å². The molecule has 0 fully saturated rings. The van der Waals surface area contributed by atoms with E-state index in [2.05, 4.69) is 41.8 Å². The molecule has 4 aromatic carbocycles. The molecule has 0 radical (unpaired) electrons. The molecule has 0 saturated heterocycles. The Morgan fingerprint density at radius 3 is 1.18 bits per heavy atom. The third-order valence-corrected chi connectivity index (χ3v) is 10.8. The standard InChI is InChI=1S/2C21H22BrN3O4.2ClH.H2O/c2*1-26-6-8-28-19-10-14-18(11-20(19)29-9-7-27-2)23-13-25-12-15-16(22)4-3-5-17(15)24-21(14)25;;;/h2*3-5,10-11,13H,6-9,12H2,1-2H3;2*1H;1H2. The summed E-state index contributed by atoms with van der Waals surface area (Å²) in [6.07, 6.45) is 3.63.